The summed E-state index contributed by atoms with van der Waals surface area (Å²) in [4.78, 5) is 29.6. The van der Waals surface area contributed by atoms with Crippen LogP contribution in [0.3, 0.4) is 0 Å². The van der Waals surface area contributed by atoms with Crippen LogP contribution in [0, 0.1) is 5.82 Å². The van der Waals surface area contributed by atoms with Crippen molar-refractivity contribution in [2.75, 3.05) is 25.8 Å². The summed E-state index contributed by atoms with van der Waals surface area (Å²) in [5.74, 6) is -0.698. The van der Waals surface area contributed by atoms with Crippen molar-refractivity contribution in [3.63, 3.8) is 0 Å². The second kappa shape index (κ2) is 10.2. The van der Waals surface area contributed by atoms with Gasteiger partial charge in [-0.2, -0.15) is 0 Å². The maximum absolute atomic E-state index is 13.3. The third-order valence-electron chi connectivity index (χ3n) is 4.51. The summed E-state index contributed by atoms with van der Waals surface area (Å²) >= 11 is 1.32. The SMILES string of the molecule is COc1ccc(NC(=O)C(C)OC(=O)c2cnc(SC)n2-c2ccc(F)cc2)cc1OC. The van der Waals surface area contributed by atoms with Crippen molar-refractivity contribution < 1.29 is 28.2 Å². The number of esters is 1. The Hall–Kier alpha value is -3.53. The topological polar surface area (TPSA) is 91.7 Å². The van der Waals surface area contributed by atoms with Gasteiger partial charge < -0.3 is 19.5 Å². The Morgan fingerprint density at radius 2 is 1.78 bits per heavy atom. The number of carbonyl (C=O) groups excluding carboxylic acids is 2. The number of aromatic nitrogens is 2. The quantitative estimate of drug-likeness (QED) is 0.403. The molecule has 3 rings (SSSR count). The van der Waals surface area contributed by atoms with Crippen molar-refractivity contribution in [3.8, 4) is 17.2 Å². The van der Waals surface area contributed by atoms with Gasteiger partial charge in [-0.25, -0.2) is 14.2 Å². The molecule has 1 amide bonds. The molecule has 0 bridgehead atoms. The number of carbonyl (C=O) groups is 2. The second-order valence-electron chi connectivity index (χ2n) is 6.55. The van der Waals surface area contributed by atoms with E-state index < -0.39 is 23.8 Å². The minimum atomic E-state index is -1.09. The number of methoxy groups -OCH3 is 2. The van der Waals surface area contributed by atoms with Crippen LogP contribution in [0.25, 0.3) is 5.69 Å². The first-order valence-electron chi connectivity index (χ1n) is 9.49. The Kier molecular flexibility index (Phi) is 7.37. The molecule has 32 heavy (non-hydrogen) atoms. The molecule has 10 heteroatoms. The van der Waals surface area contributed by atoms with E-state index >= 15 is 0 Å². The highest BCUT2D eigenvalue weighted by atomic mass is 32.2. The summed E-state index contributed by atoms with van der Waals surface area (Å²) in [6, 6.07) is 10.5. The Bertz CT molecular complexity index is 1120. The molecule has 0 saturated heterocycles. The molecular formula is C22H22FN3O5S. The summed E-state index contributed by atoms with van der Waals surface area (Å²) in [7, 11) is 3.00. The minimum Gasteiger partial charge on any atom is -0.493 e. The molecule has 1 unspecified atom stereocenters. The number of rotatable bonds is 8. The van der Waals surface area contributed by atoms with Gasteiger partial charge in [0.25, 0.3) is 5.91 Å². The smallest absolute Gasteiger partial charge is 0.357 e. The highest BCUT2D eigenvalue weighted by Crippen LogP contribution is 2.30. The number of benzene rings is 2. The van der Waals surface area contributed by atoms with Gasteiger partial charge in [0.15, 0.2) is 28.5 Å². The summed E-state index contributed by atoms with van der Waals surface area (Å²) in [6.45, 7) is 1.46. The van der Waals surface area contributed by atoms with Crippen molar-refractivity contribution in [1.29, 1.82) is 0 Å². The van der Waals surface area contributed by atoms with Gasteiger partial charge in [-0.1, -0.05) is 11.8 Å². The molecule has 0 aliphatic rings. The first-order chi connectivity index (χ1) is 15.4. The van der Waals surface area contributed by atoms with E-state index in [2.05, 4.69) is 10.3 Å². The van der Waals surface area contributed by atoms with Gasteiger partial charge in [-0.05, 0) is 49.6 Å². The molecular weight excluding hydrogens is 437 g/mol. The maximum Gasteiger partial charge on any atom is 0.357 e. The van der Waals surface area contributed by atoms with Crippen LogP contribution in [0.5, 0.6) is 11.5 Å². The fourth-order valence-corrected chi connectivity index (χ4v) is 3.44. The minimum absolute atomic E-state index is 0.117. The van der Waals surface area contributed by atoms with Crippen LogP contribution < -0.4 is 14.8 Å². The number of ether oxygens (including phenoxy) is 3. The molecule has 1 N–H and O–H groups in total. The van der Waals surface area contributed by atoms with Crippen molar-refractivity contribution in [2.45, 2.75) is 18.2 Å². The molecule has 0 radical (unpaired) electrons. The molecule has 0 aliphatic heterocycles. The molecule has 0 saturated carbocycles. The molecule has 0 fully saturated rings. The first-order valence-corrected chi connectivity index (χ1v) is 10.7. The molecule has 3 aromatic rings. The van der Waals surface area contributed by atoms with E-state index in [9.17, 15) is 14.0 Å². The molecule has 8 nitrogen and oxygen atoms in total. The molecule has 0 spiro atoms. The average molecular weight is 459 g/mol. The summed E-state index contributed by atoms with van der Waals surface area (Å²) in [5, 5.41) is 3.19. The summed E-state index contributed by atoms with van der Waals surface area (Å²) in [6.07, 6.45) is 2.07. The Balaban J connectivity index is 1.75. The third-order valence-corrected chi connectivity index (χ3v) is 5.16. The van der Waals surface area contributed by atoms with Crippen LogP contribution in [0.15, 0.2) is 53.8 Å². The monoisotopic (exact) mass is 459 g/mol. The van der Waals surface area contributed by atoms with Crippen LogP contribution in [0.4, 0.5) is 10.1 Å². The lowest BCUT2D eigenvalue weighted by atomic mass is 10.2. The van der Waals surface area contributed by atoms with E-state index in [0.717, 1.165) is 0 Å². The number of amides is 1. The van der Waals surface area contributed by atoms with Crippen molar-refractivity contribution >= 4 is 29.3 Å². The average Bonchev–Trinajstić information content (AvgIpc) is 3.23. The van der Waals surface area contributed by atoms with E-state index in [-0.39, 0.29) is 5.69 Å². The maximum atomic E-state index is 13.3. The van der Waals surface area contributed by atoms with E-state index in [1.807, 2.05) is 0 Å². The predicted molar refractivity (Wildman–Crippen MR) is 118 cm³/mol. The Morgan fingerprint density at radius 1 is 1.09 bits per heavy atom. The highest BCUT2D eigenvalue weighted by molar-refractivity contribution is 7.98. The van der Waals surface area contributed by atoms with E-state index in [1.54, 1.807) is 29.0 Å². The van der Waals surface area contributed by atoms with Crippen LogP contribution in [-0.2, 0) is 9.53 Å². The Labute approximate surface area is 188 Å². The lowest BCUT2D eigenvalue weighted by Crippen LogP contribution is -2.30. The van der Waals surface area contributed by atoms with Gasteiger partial charge in [0, 0.05) is 17.4 Å². The van der Waals surface area contributed by atoms with Crippen LogP contribution in [-0.4, -0.2) is 48.0 Å². The lowest BCUT2D eigenvalue weighted by molar-refractivity contribution is -0.123. The van der Waals surface area contributed by atoms with Gasteiger partial charge in [0.2, 0.25) is 0 Å². The van der Waals surface area contributed by atoms with Gasteiger partial charge >= 0.3 is 5.97 Å². The zero-order valence-corrected chi connectivity index (χ0v) is 18.7. The number of nitrogens with zero attached hydrogens (tertiary/aromatic N) is 2. The molecule has 1 aromatic heterocycles. The fraction of sp³-hybridized carbons (Fsp3) is 0.227. The fourth-order valence-electron chi connectivity index (χ4n) is 2.89. The van der Waals surface area contributed by atoms with Gasteiger partial charge in [-0.15, -0.1) is 0 Å². The van der Waals surface area contributed by atoms with E-state index in [1.165, 1.54) is 63.4 Å². The van der Waals surface area contributed by atoms with Crippen LogP contribution >= 0.6 is 11.8 Å². The van der Waals surface area contributed by atoms with E-state index in [4.69, 9.17) is 14.2 Å². The summed E-state index contributed by atoms with van der Waals surface area (Å²) < 4.78 is 30.6. The van der Waals surface area contributed by atoms with E-state index in [0.29, 0.717) is 28.0 Å². The van der Waals surface area contributed by atoms with Crippen molar-refractivity contribution in [3.05, 3.63) is 60.2 Å². The van der Waals surface area contributed by atoms with Gasteiger partial charge in [0.05, 0.1) is 20.4 Å². The third kappa shape index (κ3) is 5.02. The normalized spacial score (nSPS) is 11.5. The molecule has 2 aromatic carbocycles. The number of thioether (sulfide) groups is 1. The first kappa shape index (κ1) is 23.1. The van der Waals surface area contributed by atoms with Crippen LogP contribution in [0.1, 0.15) is 17.4 Å². The number of hydrogen-bond acceptors (Lipinski definition) is 7. The number of anilines is 1. The molecule has 1 atom stereocenters. The number of imidazole rings is 1. The number of nitrogens with one attached hydrogen (secondary N) is 1. The molecule has 168 valence electrons. The number of halogens is 1. The zero-order chi connectivity index (χ0) is 23.3. The summed E-state index contributed by atoms with van der Waals surface area (Å²) in [5.41, 5.74) is 1.12. The highest BCUT2D eigenvalue weighted by Gasteiger charge is 2.24. The zero-order valence-electron chi connectivity index (χ0n) is 17.9. The molecule has 0 aliphatic carbocycles. The van der Waals surface area contributed by atoms with Crippen molar-refractivity contribution in [2.24, 2.45) is 0 Å². The number of hydrogen-bond donors (Lipinski definition) is 1. The standard InChI is InChI=1S/C22H22FN3O5S/c1-13(20(27)25-15-7-10-18(29-2)19(11-15)30-3)31-21(28)17-12-24-22(32-4)26(17)16-8-5-14(23)6-9-16/h5-13H,1-4H3,(H,25,27). The Morgan fingerprint density at radius 3 is 2.41 bits per heavy atom. The van der Waals surface area contributed by atoms with Crippen LogP contribution in [0.2, 0.25) is 0 Å². The molecule has 1 heterocycles. The van der Waals surface area contributed by atoms with Gasteiger partial charge in [0.1, 0.15) is 5.82 Å². The predicted octanol–water partition coefficient (Wildman–Crippen LogP) is 3.93. The van der Waals surface area contributed by atoms with Crippen molar-refractivity contribution in [1.82, 2.24) is 9.55 Å². The largest absolute Gasteiger partial charge is 0.493 e. The van der Waals surface area contributed by atoms with Gasteiger partial charge in [-0.3, -0.25) is 9.36 Å². The lowest BCUT2D eigenvalue weighted by Gasteiger charge is -2.16. The second-order valence-corrected chi connectivity index (χ2v) is 7.32.